The van der Waals surface area contributed by atoms with Crippen molar-refractivity contribution >= 4 is 27.5 Å². The Kier molecular flexibility index (Phi) is 4.43. The van der Waals surface area contributed by atoms with Gasteiger partial charge in [-0.05, 0) is 59.5 Å². The summed E-state index contributed by atoms with van der Waals surface area (Å²) in [4.78, 5) is 17.4. The second-order valence-corrected chi connectivity index (χ2v) is 7.93. The first-order chi connectivity index (χ1) is 14.1. The van der Waals surface area contributed by atoms with E-state index in [0.29, 0.717) is 17.9 Å². The minimum Gasteiger partial charge on any atom is -0.345 e. The fraction of sp³-hybridized carbons (Fsp3) is 0.190. The monoisotopic (exact) mass is 453 g/mol. The van der Waals surface area contributed by atoms with E-state index in [-0.39, 0.29) is 11.7 Å². The molecule has 0 spiro atoms. The summed E-state index contributed by atoms with van der Waals surface area (Å²) in [6.45, 7) is 0.291. The van der Waals surface area contributed by atoms with Gasteiger partial charge in [-0.25, -0.2) is 14.1 Å². The number of aromatic nitrogens is 4. The molecule has 1 aliphatic rings. The van der Waals surface area contributed by atoms with Crippen LogP contribution in [0.15, 0.2) is 53.3 Å². The minimum atomic E-state index is -0.354. The fourth-order valence-electron chi connectivity index (χ4n) is 3.80. The number of para-hydroxylation sites is 1. The van der Waals surface area contributed by atoms with E-state index in [1.807, 2.05) is 28.9 Å². The van der Waals surface area contributed by atoms with E-state index in [9.17, 15) is 9.18 Å². The second kappa shape index (κ2) is 7.11. The molecule has 1 N–H and O–H groups in total. The van der Waals surface area contributed by atoms with Crippen molar-refractivity contribution in [2.24, 2.45) is 0 Å². The van der Waals surface area contributed by atoms with Crippen LogP contribution < -0.4 is 5.32 Å². The molecule has 0 atom stereocenters. The van der Waals surface area contributed by atoms with Crippen LogP contribution in [0.4, 0.5) is 4.39 Å². The van der Waals surface area contributed by atoms with E-state index >= 15 is 0 Å². The van der Waals surface area contributed by atoms with Gasteiger partial charge in [0.05, 0.1) is 12.2 Å². The normalized spacial score (nSPS) is 13.0. The first-order valence-electron chi connectivity index (χ1n) is 9.37. The molecule has 0 fully saturated rings. The molecule has 0 radical (unpaired) electrons. The molecular weight excluding hydrogens is 437 g/mol. The highest BCUT2D eigenvalue weighted by Gasteiger charge is 2.27. The molecule has 5 rings (SSSR count). The predicted octanol–water partition coefficient (Wildman–Crippen LogP) is 3.84. The quantitative estimate of drug-likeness (QED) is 0.510. The summed E-state index contributed by atoms with van der Waals surface area (Å²) in [5.74, 6) is -0.621. The Morgan fingerprint density at radius 3 is 2.90 bits per heavy atom. The summed E-state index contributed by atoms with van der Waals surface area (Å²) in [6, 6.07) is 10.3. The standard InChI is InChI=1S/C21H17BrFN5O/c22-13-8-9-19-25-14(12-27(19)11-13)10-24-21(29)20-15-4-3-7-17(15)28(26-20)18-6-2-1-5-16(18)23/h1-2,5-6,8-9,11-12H,3-4,7,10H2,(H,24,29). The molecule has 0 aliphatic heterocycles. The van der Waals surface area contributed by atoms with Crippen molar-refractivity contribution in [3.8, 4) is 5.69 Å². The molecule has 0 saturated carbocycles. The summed E-state index contributed by atoms with van der Waals surface area (Å²) < 4.78 is 18.7. The molecular formula is C21H17BrFN5O. The van der Waals surface area contributed by atoms with Gasteiger partial charge in [0, 0.05) is 28.1 Å². The first kappa shape index (κ1) is 18.1. The van der Waals surface area contributed by atoms with Crippen molar-refractivity contribution in [2.75, 3.05) is 0 Å². The van der Waals surface area contributed by atoms with Gasteiger partial charge in [-0.15, -0.1) is 0 Å². The smallest absolute Gasteiger partial charge is 0.272 e. The lowest BCUT2D eigenvalue weighted by Crippen LogP contribution is -2.24. The van der Waals surface area contributed by atoms with Crippen molar-refractivity contribution in [3.05, 3.63) is 81.7 Å². The van der Waals surface area contributed by atoms with Crippen LogP contribution in [0.25, 0.3) is 11.3 Å². The molecule has 0 bridgehead atoms. The number of carbonyl (C=O) groups excluding carboxylic acids is 1. The summed E-state index contributed by atoms with van der Waals surface area (Å²) in [7, 11) is 0. The Bertz CT molecular complexity index is 1250. The van der Waals surface area contributed by atoms with Gasteiger partial charge in [0.15, 0.2) is 5.69 Å². The highest BCUT2D eigenvalue weighted by molar-refractivity contribution is 9.10. The van der Waals surface area contributed by atoms with Crippen LogP contribution in [0, 0.1) is 5.82 Å². The number of hydrogen-bond acceptors (Lipinski definition) is 3. The van der Waals surface area contributed by atoms with Gasteiger partial charge in [-0.3, -0.25) is 4.79 Å². The second-order valence-electron chi connectivity index (χ2n) is 7.02. The molecule has 4 aromatic rings. The molecule has 146 valence electrons. The minimum absolute atomic E-state index is 0.267. The average Bonchev–Trinajstić information content (AvgIpc) is 3.41. The zero-order chi connectivity index (χ0) is 20.0. The molecule has 3 aromatic heterocycles. The number of amides is 1. The van der Waals surface area contributed by atoms with E-state index in [2.05, 4.69) is 31.3 Å². The maximum Gasteiger partial charge on any atom is 0.272 e. The van der Waals surface area contributed by atoms with E-state index in [1.165, 1.54) is 6.07 Å². The Hall–Kier alpha value is -3.00. The Morgan fingerprint density at radius 2 is 2.03 bits per heavy atom. The number of imidazole rings is 1. The number of fused-ring (bicyclic) bond motifs is 2. The summed E-state index contributed by atoms with van der Waals surface area (Å²) in [5.41, 5.74) is 4.12. The number of hydrogen-bond donors (Lipinski definition) is 1. The topological polar surface area (TPSA) is 64.2 Å². The molecule has 1 amide bonds. The van der Waals surface area contributed by atoms with Gasteiger partial charge < -0.3 is 9.72 Å². The number of pyridine rings is 1. The summed E-state index contributed by atoms with van der Waals surface area (Å²) >= 11 is 3.43. The molecule has 1 aliphatic carbocycles. The third-order valence-electron chi connectivity index (χ3n) is 5.12. The maximum atomic E-state index is 14.3. The number of nitrogens with one attached hydrogen (secondary N) is 1. The lowest BCUT2D eigenvalue weighted by atomic mass is 10.2. The zero-order valence-corrected chi connectivity index (χ0v) is 17.0. The third-order valence-corrected chi connectivity index (χ3v) is 5.59. The van der Waals surface area contributed by atoms with Gasteiger partial charge in [0.25, 0.3) is 5.91 Å². The maximum absolute atomic E-state index is 14.3. The van der Waals surface area contributed by atoms with E-state index in [4.69, 9.17) is 0 Å². The SMILES string of the molecule is O=C(NCc1cn2cc(Br)ccc2n1)c1nn(-c2ccccc2F)c2c1CCC2. The lowest BCUT2D eigenvalue weighted by Gasteiger charge is -2.06. The molecule has 29 heavy (non-hydrogen) atoms. The van der Waals surface area contributed by atoms with Crippen LogP contribution in [0.5, 0.6) is 0 Å². The Balaban J connectivity index is 1.41. The largest absolute Gasteiger partial charge is 0.345 e. The number of halogens is 2. The van der Waals surface area contributed by atoms with Crippen molar-refractivity contribution in [2.45, 2.75) is 25.8 Å². The van der Waals surface area contributed by atoms with E-state index < -0.39 is 0 Å². The molecule has 8 heteroatoms. The average molecular weight is 454 g/mol. The molecule has 0 saturated heterocycles. The van der Waals surface area contributed by atoms with Crippen molar-refractivity contribution < 1.29 is 9.18 Å². The number of rotatable bonds is 4. The Morgan fingerprint density at radius 1 is 1.17 bits per heavy atom. The predicted molar refractivity (Wildman–Crippen MR) is 110 cm³/mol. The van der Waals surface area contributed by atoms with Crippen molar-refractivity contribution in [3.63, 3.8) is 0 Å². The fourth-order valence-corrected chi connectivity index (χ4v) is 4.15. The lowest BCUT2D eigenvalue weighted by molar-refractivity contribution is 0.0944. The van der Waals surface area contributed by atoms with Crippen LogP contribution in [0.3, 0.4) is 0 Å². The highest BCUT2D eigenvalue weighted by atomic mass is 79.9. The van der Waals surface area contributed by atoms with Gasteiger partial charge >= 0.3 is 0 Å². The van der Waals surface area contributed by atoms with Crippen molar-refractivity contribution in [1.29, 1.82) is 0 Å². The third kappa shape index (κ3) is 3.23. The van der Waals surface area contributed by atoms with Crippen LogP contribution in [-0.2, 0) is 19.4 Å². The summed E-state index contributed by atoms with van der Waals surface area (Å²) in [5, 5.41) is 7.37. The Labute approximate surface area is 174 Å². The molecule has 6 nitrogen and oxygen atoms in total. The number of nitrogens with zero attached hydrogens (tertiary/aromatic N) is 4. The number of carbonyl (C=O) groups is 1. The molecule has 0 unspecified atom stereocenters. The summed E-state index contributed by atoms with van der Waals surface area (Å²) in [6.07, 6.45) is 6.28. The van der Waals surface area contributed by atoms with Crippen LogP contribution in [-0.4, -0.2) is 25.1 Å². The highest BCUT2D eigenvalue weighted by Crippen LogP contribution is 2.28. The van der Waals surface area contributed by atoms with Crippen LogP contribution in [0.1, 0.15) is 33.9 Å². The number of benzene rings is 1. The van der Waals surface area contributed by atoms with Crippen LogP contribution in [0.2, 0.25) is 0 Å². The van der Waals surface area contributed by atoms with Gasteiger partial charge in [0.1, 0.15) is 17.2 Å². The van der Waals surface area contributed by atoms with Crippen LogP contribution >= 0.6 is 15.9 Å². The molecule has 3 heterocycles. The van der Waals surface area contributed by atoms with Gasteiger partial charge in [-0.1, -0.05) is 12.1 Å². The van der Waals surface area contributed by atoms with E-state index in [1.54, 1.807) is 22.9 Å². The van der Waals surface area contributed by atoms with E-state index in [0.717, 1.165) is 46.3 Å². The van der Waals surface area contributed by atoms with Crippen molar-refractivity contribution in [1.82, 2.24) is 24.5 Å². The van der Waals surface area contributed by atoms with Gasteiger partial charge in [0.2, 0.25) is 0 Å². The van der Waals surface area contributed by atoms with Gasteiger partial charge in [-0.2, -0.15) is 5.10 Å². The zero-order valence-electron chi connectivity index (χ0n) is 15.4. The first-order valence-corrected chi connectivity index (χ1v) is 10.2. The molecule has 1 aromatic carbocycles.